The normalized spacial score (nSPS) is 17.2. The number of hydrogen-bond acceptors (Lipinski definition) is 6. The van der Waals surface area contributed by atoms with Crippen molar-refractivity contribution in [1.82, 2.24) is 9.80 Å². The number of methoxy groups -OCH3 is 1. The molecule has 1 amide bonds. The van der Waals surface area contributed by atoms with Crippen LogP contribution in [0.1, 0.15) is 25.5 Å². The smallest absolute Gasteiger partial charge is 0.327 e. The van der Waals surface area contributed by atoms with Crippen LogP contribution in [0.15, 0.2) is 24.3 Å². The molecular formula is C20H29ClN2O5. The van der Waals surface area contributed by atoms with Crippen LogP contribution < -0.4 is 0 Å². The van der Waals surface area contributed by atoms with Crippen molar-refractivity contribution in [2.45, 2.75) is 26.0 Å². The number of nitrogens with zero attached hydrogens (tertiary/aromatic N) is 2. The Morgan fingerprint density at radius 1 is 1.14 bits per heavy atom. The second-order valence-corrected chi connectivity index (χ2v) is 6.93. The lowest BCUT2D eigenvalue weighted by molar-refractivity contribution is -0.150. The van der Waals surface area contributed by atoms with Crippen LogP contribution in [0.3, 0.4) is 0 Å². The van der Waals surface area contributed by atoms with Crippen LogP contribution in [0, 0.1) is 0 Å². The molecule has 0 aromatic heterocycles. The van der Waals surface area contributed by atoms with Crippen molar-refractivity contribution in [1.29, 1.82) is 0 Å². The Labute approximate surface area is 171 Å². The number of ether oxygens (including phenoxy) is 3. The molecule has 0 N–H and O–H groups in total. The molecule has 1 aliphatic heterocycles. The van der Waals surface area contributed by atoms with Gasteiger partial charge in [-0.3, -0.25) is 9.69 Å². The molecule has 28 heavy (non-hydrogen) atoms. The molecule has 0 saturated carbocycles. The average Bonchev–Trinajstić information content (AvgIpc) is 2.72. The first kappa shape index (κ1) is 22.6. The largest absolute Gasteiger partial charge is 0.468 e. The molecule has 1 aliphatic rings. The van der Waals surface area contributed by atoms with Crippen LogP contribution in [0.25, 0.3) is 0 Å². The Morgan fingerprint density at radius 2 is 1.82 bits per heavy atom. The molecule has 1 aromatic carbocycles. The highest BCUT2D eigenvalue weighted by atomic mass is 35.5. The zero-order valence-corrected chi connectivity index (χ0v) is 17.5. The molecule has 1 heterocycles. The molecule has 1 aromatic rings. The van der Waals surface area contributed by atoms with Gasteiger partial charge in [0.2, 0.25) is 0 Å². The number of carbonyl (C=O) groups excluding carboxylic acids is 2. The van der Waals surface area contributed by atoms with E-state index in [4.69, 9.17) is 25.8 Å². The molecule has 1 saturated heterocycles. The first-order valence-electron chi connectivity index (χ1n) is 9.54. The number of hydrogen-bond donors (Lipinski definition) is 0. The molecule has 0 radical (unpaired) electrons. The lowest BCUT2D eigenvalue weighted by Crippen LogP contribution is -2.53. The van der Waals surface area contributed by atoms with Crippen molar-refractivity contribution in [2.75, 3.05) is 53.1 Å². The summed E-state index contributed by atoms with van der Waals surface area (Å²) in [7, 11) is 1.37. The summed E-state index contributed by atoms with van der Waals surface area (Å²) in [4.78, 5) is 28.8. The zero-order valence-electron chi connectivity index (χ0n) is 16.7. The lowest BCUT2D eigenvalue weighted by Gasteiger charge is -2.39. The van der Waals surface area contributed by atoms with Gasteiger partial charge in [0.05, 0.1) is 20.3 Å². The molecule has 7 nitrogen and oxygen atoms in total. The van der Waals surface area contributed by atoms with E-state index < -0.39 is 12.1 Å². The van der Waals surface area contributed by atoms with Crippen molar-refractivity contribution < 1.29 is 23.8 Å². The Morgan fingerprint density at radius 3 is 2.43 bits per heavy atom. The first-order valence-corrected chi connectivity index (χ1v) is 9.91. The number of rotatable bonds is 9. The minimum Gasteiger partial charge on any atom is -0.468 e. The topological polar surface area (TPSA) is 68.3 Å². The van der Waals surface area contributed by atoms with Gasteiger partial charge in [0, 0.05) is 37.8 Å². The fourth-order valence-electron chi connectivity index (χ4n) is 3.24. The summed E-state index contributed by atoms with van der Waals surface area (Å²) < 4.78 is 15.8. The molecule has 1 fully saturated rings. The molecule has 2 rings (SSSR count). The zero-order chi connectivity index (χ0) is 20.5. The van der Waals surface area contributed by atoms with Gasteiger partial charge in [-0.05, 0) is 25.5 Å². The van der Waals surface area contributed by atoms with Crippen molar-refractivity contribution in [3.63, 3.8) is 0 Å². The van der Waals surface area contributed by atoms with Crippen LogP contribution in [-0.2, 0) is 23.8 Å². The molecular weight excluding hydrogens is 384 g/mol. The summed E-state index contributed by atoms with van der Waals surface area (Å²) in [6.07, 6.45) is -0.521. The standard InChI is InChI=1S/C20H29ClN2O5/c1-4-27-13-14-28-15(2)19(24)23-11-9-22(10-12-23)18(20(25)26-3)16-7-5-6-8-17(16)21/h5-8,15,18H,4,9-14H2,1-3H3. The Bertz CT molecular complexity index is 649. The third kappa shape index (κ3) is 5.91. The number of piperazine rings is 1. The van der Waals surface area contributed by atoms with Crippen molar-refractivity contribution in [3.8, 4) is 0 Å². The van der Waals surface area contributed by atoms with Gasteiger partial charge >= 0.3 is 5.97 Å². The Balaban J connectivity index is 1.96. The number of carbonyl (C=O) groups is 2. The number of esters is 1. The minimum absolute atomic E-state index is 0.0523. The maximum absolute atomic E-state index is 12.6. The van der Waals surface area contributed by atoms with Crippen molar-refractivity contribution >= 4 is 23.5 Å². The van der Waals surface area contributed by atoms with Gasteiger partial charge in [-0.1, -0.05) is 29.8 Å². The van der Waals surface area contributed by atoms with E-state index in [1.165, 1.54) is 7.11 Å². The average molecular weight is 413 g/mol. The second-order valence-electron chi connectivity index (χ2n) is 6.52. The molecule has 2 unspecified atom stereocenters. The summed E-state index contributed by atoms with van der Waals surface area (Å²) in [5, 5.41) is 0.521. The van der Waals surface area contributed by atoms with Gasteiger partial charge in [0.15, 0.2) is 0 Å². The molecule has 8 heteroatoms. The van der Waals surface area contributed by atoms with Crippen LogP contribution >= 0.6 is 11.6 Å². The number of halogens is 1. The van der Waals surface area contributed by atoms with Gasteiger partial charge in [-0.15, -0.1) is 0 Å². The molecule has 0 bridgehead atoms. The maximum atomic E-state index is 12.6. The van der Waals surface area contributed by atoms with E-state index in [9.17, 15) is 9.59 Å². The third-order valence-electron chi connectivity index (χ3n) is 4.76. The van der Waals surface area contributed by atoms with E-state index in [1.807, 2.05) is 30.0 Å². The summed E-state index contributed by atoms with van der Waals surface area (Å²) >= 11 is 6.31. The minimum atomic E-state index is -0.587. The number of benzene rings is 1. The predicted octanol–water partition coefficient (Wildman–Crippen LogP) is 2.14. The fourth-order valence-corrected chi connectivity index (χ4v) is 3.48. The first-order chi connectivity index (χ1) is 13.5. The van der Waals surface area contributed by atoms with E-state index in [2.05, 4.69) is 0 Å². The van der Waals surface area contributed by atoms with Crippen LogP contribution in [0.4, 0.5) is 0 Å². The van der Waals surface area contributed by atoms with Gasteiger partial charge in [0.25, 0.3) is 5.91 Å². The van der Waals surface area contributed by atoms with Crippen LogP contribution in [0.5, 0.6) is 0 Å². The molecule has 0 aliphatic carbocycles. The summed E-state index contributed by atoms with van der Waals surface area (Å²) in [5.74, 6) is -0.413. The fraction of sp³-hybridized carbons (Fsp3) is 0.600. The Kier molecular flexibility index (Phi) is 9.18. The highest BCUT2D eigenvalue weighted by Crippen LogP contribution is 2.29. The summed E-state index contributed by atoms with van der Waals surface area (Å²) in [6, 6.07) is 6.67. The van der Waals surface area contributed by atoms with Gasteiger partial charge in [0.1, 0.15) is 12.1 Å². The van der Waals surface area contributed by atoms with Gasteiger partial charge in [-0.25, -0.2) is 4.79 Å². The van der Waals surface area contributed by atoms with E-state index >= 15 is 0 Å². The summed E-state index contributed by atoms with van der Waals surface area (Å²) in [6.45, 7) is 7.26. The van der Waals surface area contributed by atoms with Gasteiger partial charge < -0.3 is 19.1 Å². The van der Waals surface area contributed by atoms with Crippen LogP contribution in [0.2, 0.25) is 5.02 Å². The van der Waals surface area contributed by atoms with E-state index in [0.29, 0.717) is 56.6 Å². The van der Waals surface area contributed by atoms with Gasteiger partial charge in [-0.2, -0.15) is 0 Å². The summed E-state index contributed by atoms with van der Waals surface area (Å²) in [5.41, 5.74) is 0.711. The number of amides is 1. The maximum Gasteiger partial charge on any atom is 0.327 e. The second kappa shape index (κ2) is 11.4. The monoisotopic (exact) mass is 412 g/mol. The van der Waals surface area contributed by atoms with Crippen molar-refractivity contribution in [3.05, 3.63) is 34.9 Å². The third-order valence-corrected chi connectivity index (χ3v) is 5.11. The van der Waals surface area contributed by atoms with E-state index in [1.54, 1.807) is 17.9 Å². The Hall–Kier alpha value is -1.67. The lowest BCUT2D eigenvalue weighted by atomic mass is 10.0. The van der Waals surface area contributed by atoms with Crippen molar-refractivity contribution in [2.24, 2.45) is 0 Å². The molecule has 156 valence electrons. The predicted molar refractivity (Wildman–Crippen MR) is 106 cm³/mol. The SMILES string of the molecule is CCOCCOC(C)C(=O)N1CCN(C(C(=O)OC)c2ccccc2Cl)CC1. The van der Waals surface area contributed by atoms with E-state index in [0.717, 1.165) is 0 Å². The molecule has 2 atom stereocenters. The molecule has 0 spiro atoms. The van der Waals surface area contributed by atoms with E-state index in [-0.39, 0.29) is 11.9 Å². The quantitative estimate of drug-likeness (QED) is 0.457. The highest BCUT2D eigenvalue weighted by molar-refractivity contribution is 6.31. The highest BCUT2D eigenvalue weighted by Gasteiger charge is 2.34. The van der Waals surface area contributed by atoms with Crippen LogP contribution in [-0.4, -0.2) is 80.9 Å².